The van der Waals surface area contributed by atoms with E-state index < -0.39 is 9.03 Å². The Morgan fingerprint density at radius 1 is 1.18 bits per heavy atom. The average molecular weight is 172 g/mol. The summed E-state index contributed by atoms with van der Waals surface area (Å²) >= 11 is 0. The van der Waals surface area contributed by atoms with Crippen molar-refractivity contribution in [1.82, 2.24) is 0 Å². The normalized spacial score (nSPS) is 8.27. The van der Waals surface area contributed by atoms with Crippen LogP contribution in [-0.2, 0) is 6.42 Å². The minimum Gasteiger partial charge on any atom is -0.352 e. The van der Waals surface area contributed by atoms with Crippen LogP contribution in [-0.4, -0.2) is 9.79 Å². The molecule has 0 saturated carbocycles. The molecule has 0 fully saturated rings. The van der Waals surface area contributed by atoms with Crippen molar-refractivity contribution in [2.24, 2.45) is 0 Å². The van der Waals surface area contributed by atoms with Gasteiger partial charge in [0.1, 0.15) is 9.03 Å². The molecule has 62 valence electrons. The lowest BCUT2D eigenvalue weighted by Gasteiger charge is -1.89. The van der Waals surface area contributed by atoms with Gasteiger partial charge in [-0.05, 0) is 12.0 Å². The van der Waals surface area contributed by atoms with E-state index in [4.69, 9.17) is 9.79 Å². The topological polar surface area (TPSA) is 40.5 Å². The van der Waals surface area contributed by atoms with Gasteiger partial charge < -0.3 is 9.79 Å². The van der Waals surface area contributed by atoms with Crippen LogP contribution in [0.4, 0.5) is 0 Å². The van der Waals surface area contributed by atoms with E-state index in [9.17, 15) is 0 Å². The van der Waals surface area contributed by atoms with Gasteiger partial charge in [0, 0.05) is 0 Å². The van der Waals surface area contributed by atoms with Gasteiger partial charge in [-0.15, -0.1) is 0 Å². The van der Waals surface area contributed by atoms with Gasteiger partial charge in [-0.2, -0.15) is 0 Å². The summed E-state index contributed by atoms with van der Waals surface area (Å²) in [5, 5.41) is 0. The molecule has 0 saturated heterocycles. The number of aryl methyl sites for hydroxylation is 1. The first-order valence-corrected chi connectivity index (χ1v) is 4.31. The van der Waals surface area contributed by atoms with Crippen molar-refractivity contribution in [3.63, 3.8) is 0 Å². The van der Waals surface area contributed by atoms with Gasteiger partial charge >= 0.3 is 0 Å². The number of benzene rings is 1. The van der Waals surface area contributed by atoms with Gasteiger partial charge in [0.05, 0.1) is 0 Å². The van der Waals surface area contributed by atoms with E-state index in [1.165, 1.54) is 5.56 Å². The van der Waals surface area contributed by atoms with E-state index in [0.29, 0.717) is 0 Å². The van der Waals surface area contributed by atoms with Gasteiger partial charge in [0.15, 0.2) is 0 Å². The molecular formula is C8H13O2P. The van der Waals surface area contributed by atoms with Crippen LogP contribution in [0.15, 0.2) is 30.3 Å². The molecule has 1 aromatic carbocycles. The molecule has 0 aliphatic carbocycles. The first-order chi connectivity index (χ1) is 5.35. The molecule has 0 spiro atoms. The zero-order chi connectivity index (χ0) is 8.53. The standard InChI is InChI=1S/C8H10.H3O2P/c1-2-8-6-4-3-5-7-8;1-3-2/h3-7H,2H2,1H3;1-3H. The van der Waals surface area contributed by atoms with E-state index in [2.05, 4.69) is 31.2 Å². The van der Waals surface area contributed by atoms with Gasteiger partial charge in [0.2, 0.25) is 0 Å². The zero-order valence-electron chi connectivity index (χ0n) is 6.49. The van der Waals surface area contributed by atoms with E-state index in [0.717, 1.165) is 6.42 Å². The van der Waals surface area contributed by atoms with Crippen LogP contribution in [0.25, 0.3) is 0 Å². The van der Waals surface area contributed by atoms with Crippen LogP contribution in [0.1, 0.15) is 12.5 Å². The highest BCUT2D eigenvalue weighted by molar-refractivity contribution is 7.23. The highest BCUT2D eigenvalue weighted by Crippen LogP contribution is 1.96. The lowest BCUT2D eigenvalue weighted by molar-refractivity contribution is 0.513. The molecule has 0 unspecified atom stereocenters. The lowest BCUT2D eigenvalue weighted by atomic mass is 10.2. The predicted molar refractivity (Wildman–Crippen MR) is 48.6 cm³/mol. The average Bonchev–Trinajstić information content (AvgIpc) is 2.08. The van der Waals surface area contributed by atoms with Gasteiger partial charge in [0.25, 0.3) is 0 Å². The van der Waals surface area contributed by atoms with E-state index in [-0.39, 0.29) is 0 Å². The van der Waals surface area contributed by atoms with Crippen LogP contribution < -0.4 is 0 Å². The third kappa shape index (κ3) is 5.99. The summed E-state index contributed by atoms with van der Waals surface area (Å²) in [7, 11) is -0.917. The van der Waals surface area contributed by atoms with Gasteiger partial charge in [-0.1, -0.05) is 37.3 Å². The molecule has 2 N–H and O–H groups in total. The van der Waals surface area contributed by atoms with Crippen LogP contribution >= 0.6 is 9.03 Å². The Bertz CT molecular complexity index is 165. The fourth-order valence-corrected chi connectivity index (χ4v) is 0.714. The smallest absolute Gasteiger partial charge is 0.149 e. The second-order valence-corrected chi connectivity index (χ2v) is 2.14. The molecule has 0 radical (unpaired) electrons. The van der Waals surface area contributed by atoms with Gasteiger partial charge in [-0.25, -0.2) is 0 Å². The van der Waals surface area contributed by atoms with E-state index in [1.807, 2.05) is 6.07 Å². The molecule has 2 nitrogen and oxygen atoms in total. The van der Waals surface area contributed by atoms with Crippen LogP contribution in [0, 0.1) is 0 Å². The molecule has 0 atom stereocenters. The van der Waals surface area contributed by atoms with E-state index in [1.54, 1.807) is 0 Å². The van der Waals surface area contributed by atoms with Crippen molar-refractivity contribution in [2.45, 2.75) is 13.3 Å². The molecule has 0 aromatic heterocycles. The number of hydrogen-bond donors (Lipinski definition) is 2. The van der Waals surface area contributed by atoms with Crippen molar-refractivity contribution >= 4 is 9.03 Å². The maximum Gasteiger partial charge on any atom is 0.149 e. The Labute approximate surface area is 68.8 Å². The molecule has 0 heterocycles. The third-order valence-electron chi connectivity index (χ3n) is 1.25. The quantitative estimate of drug-likeness (QED) is 0.633. The van der Waals surface area contributed by atoms with Crippen LogP contribution in [0.2, 0.25) is 0 Å². The Hall–Kier alpha value is -0.430. The summed E-state index contributed by atoms with van der Waals surface area (Å²) in [5.74, 6) is 0. The van der Waals surface area contributed by atoms with Gasteiger partial charge in [-0.3, -0.25) is 0 Å². The van der Waals surface area contributed by atoms with Crippen LogP contribution in [0.5, 0.6) is 0 Å². The van der Waals surface area contributed by atoms with Crippen molar-refractivity contribution in [2.75, 3.05) is 0 Å². The Morgan fingerprint density at radius 3 is 1.91 bits per heavy atom. The van der Waals surface area contributed by atoms with Crippen LogP contribution in [0.3, 0.4) is 0 Å². The summed E-state index contributed by atoms with van der Waals surface area (Å²) in [6.45, 7) is 2.16. The molecule has 11 heavy (non-hydrogen) atoms. The van der Waals surface area contributed by atoms with Crippen molar-refractivity contribution < 1.29 is 9.79 Å². The van der Waals surface area contributed by atoms with E-state index >= 15 is 0 Å². The number of rotatable bonds is 1. The first-order valence-electron chi connectivity index (χ1n) is 3.42. The van der Waals surface area contributed by atoms with Crippen molar-refractivity contribution in [3.05, 3.63) is 35.9 Å². The zero-order valence-corrected chi connectivity index (χ0v) is 7.49. The monoisotopic (exact) mass is 172 g/mol. The summed E-state index contributed by atoms with van der Waals surface area (Å²) in [4.78, 5) is 14.3. The first kappa shape index (κ1) is 10.6. The third-order valence-corrected chi connectivity index (χ3v) is 1.25. The summed E-state index contributed by atoms with van der Waals surface area (Å²) in [6.07, 6.45) is 1.14. The Kier molecular flexibility index (Phi) is 7.37. The molecule has 0 aliphatic rings. The molecule has 0 amide bonds. The molecular weight excluding hydrogens is 159 g/mol. The Balaban J connectivity index is 0.000000292. The van der Waals surface area contributed by atoms with Crippen molar-refractivity contribution in [3.8, 4) is 0 Å². The summed E-state index contributed by atoms with van der Waals surface area (Å²) in [5.41, 5.74) is 1.41. The Morgan fingerprint density at radius 2 is 1.64 bits per heavy atom. The summed E-state index contributed by atoms with van der Waals surface area (Å²) in [6, 6.07) is 10.5. The fourth-order valence-electron chi connectivity index (χ4n) is 0.714. The highest BCUT2D eigenvalue weighted by Gasteiger charge is 1.79. The lowest BCUT2D eigenvalue weighted by Crippen LogP contribution is -1.73. The second kappa shape index (κ2) is 7.67. The van der Waals surface area contributed by atoms with Crippen molar-refractivity contribution in [1.29, 1.82) is 0 Å². The molecule has 0 bridgehead atoms. The number of hydrogen-bond acceptors (Lipinski definition) is 2. The molecule has 1 aromatic rings. The predicted octanol–water partition coefficient (Wildman–Crippen LogP) is 1.73. The SMILES string of the molecule is CCc1ccccc1.OPO. The molecule has 1 rings (SSSR count). The second-order valence-electron chi connectivity index (χ2n) is 1.94. The molecule has 0 aliphatic heterocycles. The maximum atomic E-state index is 7.15. The maximum absolute atomic E-state index is 7.15. The minimum atomic E-state index is -0.917. The largest absolute Gasteiger partial charge is 0.352 e. The fraction of sp³-hybridized carbons (Fsp3) is 0.250. The minimum absolute atomic E-state index is 0.917. The molecule has 3 heteroatoms. The highest BCUT2D eigenvalue weighted by atomic mass is 31.1. The summed E-state index contributed by atoms with van der Waals surface area (Å²) < 4.78 is 0.